The molecule has 3 rings (SSSR count). The first-order valence-electron chi connectivity index (χ1n) is 6.35. The van der Waals surface area contributed by atoms with Crippen molar-refractivity contribution in [3.8, 4) is 0 Å². The Morgan fingerprint density at radius 2 is 1.90 bits per heavy atom. The molecule has 0 saturated heterocycles. The monoisotopic (exact) mass is 306 g/mol. The minimum Gasteiger partial charge on any atom is -0.478 e. The van der Waals surface area contributed by atoms with Crippen LogP contribution in [-0.4, -0.2) is 28.4 Å². The van der Waals surface area contributed by atoms with E-state index in [-0.39, 0.29) is 23.5 Å². The van der Waals surface area contributed by atoms with E-state index in [1.165, 1.54) is 16.4 Å². The third-order valence-electron chi connectivity index (χ3n) is 3.59. The van der Waals surface area contributed by atoms with E-state index < -0.39 is 16.0 Å². The molecule has 0 amide bonds. The van der Waals surface area contributed by atoms with Gasteiger partial charge < -0.3 is 9.67 Å². The second-order valence-corrected chi connectivity index (χ2v) is 7.01. The van der Waals surface area contributed by atoms with Gasteiger partial charge in [0.1, 0.15) is 0 Å². The van der Waals surface area contributed by atoms with Crippen molar-refractivity contribution in [3.05, 3.63) is 53.3 Å². The summed E-state index contributed by atoms with van der Waals surface area (Å²) in [5, 5.41) is 8.99. The lowest BCUT2D eigenvalue weighted by atomic mass is 10.1. The Kier molecular flexibility index (Phi) is 3.11. The molecule has 7 heteroatoms. The molecule has 0 unspecified atom stereocenters. The maximum atomic E-state index is 12.5. The fourth-order valence-electron chi connectivity index (χ4n) is 2.45. The number of carbonyl (C=O) groups is 1. The SMILES string of the molecule is Cn1ccc(S(=O)(=O)N2Cc3ccc(C(=O)O)cc3C2)c1. The zero-order valence-corrected chi connectivity index (χ0v) is 12.2. The number of hydrogen-bond donors (Lipinski definition) is 1. The van der Waals surface area contributed by atoms with Gasteiger partial charge in [-0.05, 0) is 29.3 Å². The van der Waals surface area contributed by atoms with Gasteiger partial charge in [0.2, 0.25) is 10.0 Å². The minimum atomic E-state index is -3.55. The van der Waals surface area contributed by atoms with Crippen molar-refractivity contribution in [2.45, 2.75) is 18.0 Å². The maximum absolute atomic E-state index is 12.5. The predicted molar refractivity (Wildman–Crippen MR) is 75.2 cm³/mol. The minimum absolute atomic E-state index is 0.174. The zero-order valence-electron chi connectivity index (χ0n) is 11.4. The molecule has 1 aromatic heterocycles. The van der Waals surface area contributed by atoms with Gasteiger partial charge in [-0.25, -0.2) is 13.2 Å². The van der Waals surface area contributed by atoms with Gasteiger partial charge in [-0.3, -0.25) is 0 Å². The lowest BCUT2D eigenvalue weighted by molar-refractivity contribution is 0.0696. The van der Waals surface area contributed by atoms with Crippen molar-refractivity contribution in [1.82, 2.24) is 8.87 Å². The van der Waals surface area contributed by atoms with E-state index in [9.17, 15) is 13.2 Å². The van der Waals surface area contributed by atoms with Gasteiger partial charge in [-0.15, -0.1) is 0 Å². The molecular formula is C14H14N2O4S. The van der Waals surface area contributed by atoms with Crippen LogP contribution in [0.3, 0.4) is 0 Å². The van der Waals surface area contributed by atoms with E-state index in [2.05, 4.69) is 0 Å². The zero-order chi connectivity index (χ0) is 15.2. The topological polar surface area (TPSA) is 79.6 Å². The van der Waals surface area contributed by atoms with E-state index >= 15 is 0 Å². The van der Waals surface area contributed by atoms with Crippen LogP contribution in [0.2, 0.25) is 0 Å². The second-order valence-electron chi connectivity index (χ2n) is 5.07. The lowest BCUT2D eigenvalue weighted by Crippen LogP contribution is -2.25. The second kappa shape index (κ2) is 4.71. The van der Waals surface area contributed by atoms with Gasteiger partial charge in [0.15, 0.2) is 0 Å². The average molecular weight is 306 g/mol. The number of hydrogen-bond acceptors (Lipinski definition) is 3. The predicted octanol–water partition coefficient (Wildman–Crippen LogP) is 1.43. The van der Waals surface area contributed by atoms with E-state index in [0.29, 0.717) is 0 Å². The summed E-state index contributed by atoms with van der Waals surface area (Å²) in [5.74, 6) is -1.01. The molecular weight excluding hydrogens is 292 g/mol. The molecule has 1 aliphatic heterocycles. The van der Waals surface area contributed by atoms with E-state index in [1.807, 2.05) is 0 Å². The number of carboxylic acid groups (broad SMARTS) is 1. The number of aromatic carboxylic acids is 1. The molecule has 2 heterocycles. The summed E-state index contributed by atoms with van der Waals surface area (Å²) in [6.07, 6.45) is 3.24. The van der Waals surface area contributed by atoms with Gasteiger partial charge in [0.05, 0.1) is 10.5 Å². The van der Waals surface area contributed by atoms with Crippen molar-refractivity contribution >= 4 is 16.0 Å². The Labute approximate surface area is 122 Å². The molecule has 110 valence electrons. The van der Waals surface area contributed by atoms with Crippen LogP contribution in [0.4, 0.5) is 0 Å². The third kappa shape index (κ3) is 2.34. The number of aryl methyl sites for hydroxylation is 1. The first kappa shape index (κ1) is 13.8. The average Bonchev–Trinajstić information content (AvgIpc) is 3.03. The number of rotatable bonds is 3. The Morgan fingerprint density at radius 3 is 2.52 bits per heavy atom. The van der Waals surface area contributed by atoms with Crippen molar-refractivity contribution in [3.63, 3.8) is 0 Å². The highest BCUT2D eigenvalue weighted by Crippen LogP contribution is 2.29. The lowest BCUT2D eigenvalue weighted by Gasteiger charge is -2.14. The molecule has 2 aromatic rings. The molecule has 1 aromatic carbocycles. The summed E-state index contributed by atoms with van der Waals surface area (Å²) >= 11 is 0. The molecule has 21 heavy (non-hydrogen) atoms. The Bertz CT molecular complexity index is 823. The maximum Gasteiger partial charge on any atom is 0.335 e. The largest absolute Gasteiger partial charge is 0.478 e. The van der Waals surface area contributed by atoms with Gasteiger partial charge in [0, 0.05) is 32.5 Å². The first-order valence-corrected chi connectivity index (χ1v) is 7.79. The summed E-state index contributed by atoms with van der Waals surface area (Å²) in [6.45, 7) is 0.472. The van der Waals surface area contributed by atoms with Crippen LogP contribution < -0.4 is 0 Å². The number of fused-ring (bicyclic) bond motifs is 1. The third-order valence-corrected chi connectivity index (χ3v) is 5.36. The Hall–Kier alpha value is -2.12. The number of benzene rings is 1. The quantitative estimate of drug-likeness (QED) is 0.930. The molecule has 0 aliphatic carbocycles. The normalized spacial score (nSPS) is 15.1. The number of carboxylic acids is 1. The molecule has 1 aliphatic rings. The number of aromatic nitrogens is 1. The molecule has 0 spiro atoms. The van der Waals surface area contributed by atoms with Gasteiger partial charge in [-0.2, -0.15) is 4.31 Å². The van der Waals surface area contributed by atoms with Crippen LogP contribution in [0.1, 0.15) is 21.5 Å². The summed E-state index contributed by atoms with van der Waals surface area (Å²) < 4.78 is 28.1. The molecule has 0 bridgehead atoms. The van der Waals surface area contributed by atoms with Crippen LogP contribution >= 0.6 is 0 Å². The van der Waals surface area contributed by atoms with Crippen LogP contribution in [0.15, 0.2) is 41.6 Å². The van der Waals surface area contributed by atoms with Crippen LogP contribution in [0.25, 0.3) is 0 Å². The van der Waals surface area contributed by atoms with Gasteiger partial charge >= 0.3 is 5.97 Å². The molecule has 6 nitrogen and oxygen atoms in total. The summed E-state index contributed by atoms with van der Waals surface area (Å²) in [7, 11) is -1.79. The standard InChI is InChI=1S/C14H14N2O4S/c1-15-5-4-13(9-15)21(19,20)16-7-11-3-2-10(14(17)18)6-12(11)8-16/h2-6,9H,7-8H2,1H3,(H,17,18). The molecule has 0 saturated carbocycles. The summed E-state index contributed by atoms with van der Waals surface area (Å²) in [6, 6.07) is 6.28. The highest BCUT2D eigenvalue weighted by Gasteiger charge is 2.31. The van der Waals surface area contributed by atoms with Crippen LogP contribution in [0.5, 0.6) is 0 Å². The van der Waals surface area contributed by atoms with Crippen LogP contribution in [-0.2, 0) is 30.2 Å². The first-order chi connectivity index (χ1) is 9.88. The van der Waals surface area contributed by atoms with E-state index in [1.54, 1.807) is 36.1 Å². The smallest absolute Gasteiger partial charge is 0.335 e. The van der Waals surface area contributed by atoms with Gasteiger partial charge in [0.25, 0.3) is 0 Å². The van der Waals surface area contributed by atoms with E-state index in [4.69, 9.17) is 5.11 Å². The fourth-order valence-corrected chi connectivity index (χ4v) is 3.89. The number of sulfonamides is 1. The molecule has 0 fully saturated rings. The summed E-state index contributed by atoms with van der Waals surface area (Å²) in [4.78, 5) is 11.2. The summed E-state index contributed by atoms with van der Waals surface area (Å²) in [5.41, 5.74) is 1.77. The highest BCUT2D eigenvalue weighted by atomic mass is 32.2. The fraction of sp³-hybridized carbons (Fsp3) is 0.214. The van der Waals surface area contributed by atoms with Crippen molar-refractivity contribution in [2.75, 3.05) is 0 Å². The highest BCUT2D eigenvalue weighted by molar-refractivity contribution is 7.89. The van der Waals surface area contributed by atoms with Crippen LogP contribution in [0, 0.1) is 0 Å². The van der Waals surface area contributed by atoms with Crippen molar-refractivity contribution in [1.29, 1.82) is 0 Å². The Balaban J connectivity index is 1.92. The van der Waals surface area contributed by atoms with Gasteiger partial charge in [-0.1, -0.05) is 6.07 Å². The number of nitrogens with zero attached hydrogens (tertiary/aromatic N) is 2. The van der Waals surface area contributed by atoms with E-state index in [0.717, 1.165) is 11.1 Å². The van der Waals surface area contributed by atoms with Crippen molar-refractivity contribution in [2.24, 2.45) is 7.05 Å². The van der Waals surface area contributed by atoms with Crippen molar-refractivity contribution < 1.29 is 18.3 Å². The Morgan fingerprint density at radius 1 is 1.19 bits per heavy atom. The molecule has 1 N–H and O–H groups in total. The molecule has 0 atom stereocenters. The molecule has 0 radical (unpaired) electrons.